The maximum Gasteiger partial charge on any atom is 0.231 e. The second kappa shape index (κ2) is 6.55. The molecule has 0 aliphatic carbocycles. The van der Waals surface area contributed by atoms with E-state index in [1.807, 2.05) is 30.5 Å². The molecule has 0 amide bonds. The molecule has 6 nitrogen and oxygen atoms in total. The van der Waals surface area contributed by atoms with Crippen LogP contribution in [0.5, 0.6) is 11.5 Å². The minimum Gasteiger partial charge on any atom is -0.454 e. The van der Waals surface area contributed by atoms with Crippen molar-refractivity contribution < 1.29 is 9.47 Å². The molecule has 24 heavy (non-hydrogen) atoms. The van der Waals surface area contributed by atoms with Crippen molar-refractivity contribution in [3.63, 3.8) is 0 Å². The highest BCUT2D eigenvalue weighted by molar-refractivity contribution is 5.46. The third-order valence-corrected chi connectivity index (χ3v) is 4.51. The predicted molar refractivity (Wildman–Crippen MR) is 92.5 cm³/mol. The third kappa shape index (κ3) is 3.22. The van der Waals surface area contributed by atoms with Gasteiger partial charge in [-0.2, -0.15) is 4.98 Å². The van der Waals surface area contributed by atoms with Gasteiger partial charge in [-0.3, -0.25) is 0 Å². The van der Waals surface area contributed by atoms with Crippen LogP contribution < -0.4 is 19.7 Å². The fourth-order valence-corrected chi connectivity index (χ4v) is 3.24. The van der Waals surface area contributed by atoms with Crippen molar-refractivity contribution in [3.05, 3.63) is 36.0 Å². The molecule has 6 heteroatoms. The molecule has 1 N–H and O–H groups in total. The van der Waals surface area contributed by atoms with Crippen LogP contribution >= 0.6 is 0 Å². The Bertz CT molecular complexity index is 722. The lowest BCUT2D eigenvalue weighted by molar-refractivity contribution is 0.174. The molecule has 1 fully saturated rings. The van der Waals surface area contributed by atoms with Gasteiger partial charge in [-0.25, -0.2) is 4.98 Å². The van der Waals surface area contributed by atoms with E-state index in [4.69, 9.17) is 9.47 Å². The highest BCUT2D eigenvalue weighted by Crippen LogP contribution is 2.32. The fraction of sp³-hybridized carbons (Fsp3) is 0.444. The van der Waals surface area contributed by atoms with Crippen LogP contribution in [0.3, 0.4) is 0 Å². The zero-order valence-corrected chi connectivity index (χ0v) is 13.9. The van der Waals surface area contributed by atoms with Crippen molar-refractivity contribution in [2.75, 3.05) is 30.1 Å². The largest absolute Gasteiger partial charge is 0.454 e. The molecule has 1 saturated heterocycles. The van der Waals surface area contributed by atoms with Crippen LogP contribution in [-0.2, 0) is 6.54 Å². The van der Waals surface area contributed by atoms with E-state index in [-0.39, 0.29) is 0 Å². The summed E-state index contributed by atoms with van der Waals surface area (Å²) in [4.78, 5) is 11.4. The normalized spacial score (nSPS) is 19.4. The summed E-state index contributed by atoms with van der Waals surface area (Å²) >= 11 is 0. The number of hydrogen-bond donors (Lipinski definition) is 1. The zero-order valence-electron chi connectivity index (χ0n) is 13.9. The van der Waals surface area contributed by atoms with Gasteiger partial charge in [-0.15, -0.1) is 0 Å². The number of fused-ring (bicyclic) bond motifs is 1. The lowest BCUT2D eigenvalue weighted by Gasteiger charge is -2.31. The van der Waals surface area contributed by atoms with Crippen molar-refractivity contribution in [1.82, 2.24) is 9.97 Å². The highest BCUT2D eigenvalue weighted by Gasteiger charge is 2.18. The summed E-state index contributed by atoms with van der Waals surface area (Å²) in [6.45, 7) is 5.38. The maximum absolute atomic E-state index is 5.41. The molecule has 0 radical (unpaired) electrons. The first kappa shape index (κ1) is 15.1. The van der Waals surface area contributed by atoms with E-state index in [0.717, 1.165) is 41.9 Å². The third-order valence-electron chi connectivity index (χ3n) is 4.51. The van der Waals surface area contributed by atoms with Gasteiger partial charge in [0, 0.05) is 25.8 Å². The fourth-order valence-electron chi connectivity index (χ4n) is 3.24. The average molecular weight is 326 g/mol. The van der Waals surface area contributed by atoms with Crippen molar-refractivity contribution in [1.29, 1.82) is 0 Å². The second-order valence-electron chi connectivity index (χ2n) is 6.47. The van der Waals surface area contributed by atoms with Crippen molar-refractivity contribution in [3.8, 4) is 11.5 Å². The molecule has 2 aromatic rings. The number of aromatic nitrogens is 2. The number of nitrogens with one attached hydrogen (secondary N) is 1. The van der Waals surface area contributed by atoms with Gasteiger partial charge in [0.2, 0.25) is 12.7 Å². The van der Waals surface area contributed by atoms with Crippen LogP contribution in [0.4, 0.5) is 11.8 Å². The molecule has 2 aliphatic heterocycles. The van der Waals surface area contributed by atoms with Crippen LogP contribution in [0.2, 0.25) is 0 Å². The van der Waals surface area contributed by atoms with Gasteiger partial charge in [0.15, 0.2) is 11.5 Å². The Hall–Kier alpha value is -2.50. The molecule has 1 aromatic heterocycles. The summed E-state index contributed by atoms with van der Waals surface area (Å²) in [7, 11) is 0. The number of benzene rings is 1. The standard InChI is InChI=1S/C18H22N4O2/c1-13-3-2-8-22(11-13)17-6-7-19-18(21-17)20-10-14-4-5-15-16(9-14)24-12-23-15/h4-7,9,13H,2-3,8,10-12H2,1H3,(H,19,20,21). The number of ether oxygens (including phenoxy) is 2. The zero-order chi connectivity index (χ0) is 16.4. The Labute approximate surface area is 141 Å². The molecule has 1 atom stereocenters. The Kier molecular flexibility index (Phi) is 4.11. The molecular formula is C18H22N4O2. The average Bonchev–Trinajstić information content (AvgIpc) is 3.08. The number of piperidine rings is 1. The summed E-state index contributed by atoms with van der Waals surface area (Å²) < 4.78 is 10.7. The van der Waals surface area contributed by atoms with Crippen LogP contribution in [0, 0.1) is 5.92 Å². The second-order valence-corrected chi connectivity index (χ2v) is 6.47. The first-order chi connectivity index (χ1) is 11.8. The Morgan fingerprint density at radius 1 is 1.25 bits per heavy atom. The quantitative estimate of drug-likeness (QED) is 0.932. The smallest absolute Gasteiger partial charge is 0.231 e. The molecular weight excluding hydrogens is 304 g/mol. The molecule has 0 saturated carbocycles. The number of rotatable bonds is 4. The maximum atomic E-state index is 5.41. The van der Waals surface area contributed by atoms with E-state index in [2.05, 4.69) is 27.1 Å². The lowest BCUT2D eigenvalue weighted by atomic mass is 10.0. The van der Waals surface area contributed by atoms with Crippen molar-refractivity contribution in [2.45, 2.75) is 26.3 Å². The summed E-state index contributed by atoms with van der Waals surface area (Å²) in [6.07, 6.45) is 4.35. The number of anilines is 2. The molecule has 2 aliphatic rings. The van der Waals surface area contributed by atoms with Crippen LogP contribution in [0.1, 0.15) is 25.3 Å². The van der Waals surface area contributed by atoms with Crippen LogP contribution in [0.25, 0.3) is 0 Å². The van der Waals surface area contributed by atoms with Gasteiger partial charge >= 0.3 is 0 Å². The van der Waals surface area contributed by atoms with E-state index in [1.165, 1.54) is 12.8 Å². The molecule has 3 heterocycles. The Morgan fingerprint density at radius 2 is 2.17 bits per heavy atom. The first-order valence-electron chi connectivity index (χ1n) is 8.48. The van der Waals surface area contributed by atoms with Crippen molar-refractivity contribution >= 4 is 11.8 Å². The molecule has 0 spiro atoms. The molecule has 1 aromatic carbocycles. The highest BCUT2D eigenvalue weighted by atomic mass is 16.7. The van der Waals surface area contributed by atoms with Gasteiger partial charge in [0.05, 0.1) is 0 Å². The molecule has 4 rings (SSSR count). The van der Waals surface area contributed by atoms with Gasteiger partial charge in [0.1, 0.15) is 5.82 Å². The van der Waals surface area contributed by atoms with Gasteiger partial charge in [-0.1, -0.05) is 13.0 Å². The van der Waals surface area contributed by atoms with Crippen LogP contribution in [-0.4, -0.2) is 29.9 Å². The summed E-state index contributed by atoms with van der Waals surface area (Å²) in [6, 6.07) is 7.94. The van der Waals surface area contributed by atoms with E-state index in [1.54, 1.807) is 0 Å². The first-order valence-corrected chi connectivity index (χ1v) is 8.48. The topological polar surface area (TPSA) is 59.5 Å². The van der Waals surface area contributed by atoms with E-state index >= 15 is 0 Å². The number of nitrogens with zero attached hydrogens (tertiary/aromatic N) is 3. The van der Waals surface area contributed by atoms with Gasteiger partial charge < -0.3 is 19.7 Å². The lowest BCUT2D eigenvalue weighted by Crippen LogP contribution is -2.34. The predicted octanol–water partition coefficient (Wildman–Crippen LogP) is 3.05. The molecule has 1 unspecified atom stereocenters. The summed E-state index contributed by atoms with van der Waals surface area (Å²) in [5.41, 5.74) is 1.11. The monoisotopic (exact) mass is 326 g/mol. The SMILES string of the molecule is CC1CCCN(c2ccnc(NCc3ccc4c(c3)OCO4)n2)C1. The van der Waals surface area contributed by atoms with Gasteiger partial charge in [-0.05, 0) is 42.5 Å². The summed E-state index contributed by atoms with van der Waals surface area (Å²) in [5, 5.41) is 3.30. The summed E-state index contributed by atoms with van der Waals surface area (Å²) in [5.74, 6) is 3.98. The van der Waals surface area contributed by atoms with E-state index in [0.29, 0.717) is 19.3 Å². The van der Waals surface area contributed by atoms with E-state index in [9.17, 15) is 0 Å². The Balaban J connectivity index is 1.42. The number of hydrogen-bond acceptors (Lipinski definition) is 6. The minimum atomic E-state index is 0.297. The van der Waals surface area contributed by atoms with Crippen molar-refractivity contribution in [2.24, 2.45) is 5.92 Å². The van der Waals surface area contributed by atoms with Gasteiger partial charge in [0.25, 0.3) is 0 Å². The van der Waals surface area contributed by atoms with Crippen LogP contribution in [0.15, 0.2) is 30.5 Å². The Morgan fingerprint density at radius 3 is 3.08 bits per heavy atom. The molecule has 126 valence electrons. The van der Waals surface area contributed by atoms with E-state index < -0.39 is 0 Å². The molecule has 0 bridgehead atoms. The minimum absolute atomic E-state index is 0.297.